The zero-order chi connectivity index (χ0) is 13.3. The van der Waals surface area contributed by atoms with E-state index in [1.165, 1.54) is 0 Å². The lowest BCUT2D eigenvalue weighted by Crippen LogP contribution is -2.40. The molecule has 0 bridgehead atoms. The van der Waals surface area contributed by atoms with Crippen LogP contribution in [0.5, 0.6) is 0 Å². The van der Waals surface area contributed by atoms with Crippen LogP contribution >= 0.6 is 0 Å². The largest absolute Gasteiger partial charge is 0.348 e. The molecule has 0 radical (unpaired) electrons. The number of carbonyl (C=O) groups is 1. The van der Waals surface area contributed by atoms with Crippen LogP contribution < -0.4 is 5.32 Å². The summed E-state index contributed by atoms with van der Waals surface area (Å²) in [5.74, 6) is 0.00882. The quantitative estimate of drug-likeness (QED) is 0.568. The summed E-state index contributed by atoms with van der Waals surface area (Å²) in [5, 5.41) is 11.3. The number of nitrogens with zero attached hydrogens (tertiary/aromatic N) is 1. The highest BCUT2D eigenvalue weighted by molar-refractivity contribution is 5.93. The van der Waals surface area contributed by atoms with Crippen LogP contribution in [-0.4, -0.2) is 11.4 Å². The van der Waals surface area contributed by atoms with Crippen LogP contribution in [0.4, 0.5) is 0 Å². The van der Waals surface area contributed by atoms with Gasteiger partial charge in [0.1, 0.15) is 0 Å². The molecule has 3 heteroatoms. The van der Waals surface area contributed by atoms with E-state index in [9.17, 15) is 4.79 Å². The van der Waals surface area contributed by atoms with Gasteiger partial charge in [-0.3, -0.25) is 4.79 Å². The first kappa shape index (κ1) is 15.7. The second kappa shape index (κ2) is 7.89. The third-order valence-electron chi connectivity index (χ3n) is 2.29. The Morgan fingerprint density at radius 1 is 1.29 bits per heavy atom. The predicted molar refractivity (Wildman–Crippen MR) is 70.4 cm³/mol. The van der Waals surface area contributed by atoms with Crippen LogP contribution in [0, 0.1) is 11.3 Å². The van der Waals surface area contributed by atoms with E-state index in [0.29, 0.717) is 6.42 Å². The summed E-state index contributed by atoms with van der Waals surface area (Å²) in [6, 6.07) is 2.13. The van der Waals surface area contributed by atoms with E-state index in [2.05, 4.69) is 11.4 Å². The molecule has 0 aromatic rings. The molecular formula is C14H24N2O. The molecule has 0 fully saturated rings. The monoisotopic (exact) mass is 236 g/mol. The number of carbonyl (C=O) groups excluding carboxylic acids is 1. The first-order valence-electron chi connectivity index (χ1n) is 6.23. The average Bonchev–Trinajstić information content (AvgIpc) is 2.20. The van der Waals surface area contributed by atoms with E-state index in [-0.39, 0.29) is 11.4 Å². The van der Waals surface area contributed by atoms with Crippen molar-refractivity contribution < 1.29 is 4.79 Å². The topological polar surface area (TPSA) is 52.9 Å². The lowest BCUT2D eigenvalue weighted by atomic mass is 10.1. The van der Waals surface area contributed by atoms with Gasteiger partial charge in [0, 0.05) is 17.5 Å². The van der Waals surface area contributed by atoms with Crippen LogP contribution in [0.1, 0.15) is 59.8 Å². The van der Waals surface area contributed by atoms with Gasteiger partial charge in [-0.25, -0.2) is 0 Å². The van der Waals surface area contributed by atoms with Crippen LogP contribution in [0.3, 0.4) is 0 Å². The molecule has 0 aromatic carbocycles. The summed E-state index contributed by atoms with van der Waals surface area (Å²) in [5.41, 5.74) is 0.596. The van der Waals surface area contributed by atoms with Gasteiger partial charge in [0.15, 0.2) is 0 Å². The Kier molecular flexibility index (Phi) is 7.29. The lowest BCUT2D eigenvalue weighted by Gasteiger charge is -2.20. The Morgan fingerprint density at radius 3 is 2.47 bits per heavy atom. The van der Waals surface area contributed by atoms with E-state index >= 15 is 0 Å². The van der Waals surface area contributed by atoms with Gasteiger partial charge < -0.3 is 5.32 Å². The molecule has 0 atom stereocenters. The molecule has 1 N–H and O–H groups in total. The Hall–Kier alpha value is -1.30. The van der Waals surface area contributed by atoms with Crippen molar-refractivity contribution in [2.45, 2.75) is 65.3 Å². The molecule has 0 saturated heterocycles. The van der Waals surface area contributed by atoms with Gasteiger partial charge in [0.25, 0.3) is 0 Å². The maximum absolute atomic E-state index is 11.7. The van der Waals surface area contributed by atoms with Crippen molar-refractivity contribution in [1.82, 2.24) is 5.32 Å². The molecule has 1 amide bonds. The number of nitriles is 1. The van der Waals surface area contributed by atoms with Crippen molar-refractivity contribution in [3.8, 4) is 6.07 Å². The van der Waals surface area contributed by atoms with Crippen molar-refractivity contribution in [3.05, 3.63) is 11.6 Å². The summed E-state index contributed by atoms with van der Waals surface area (Å²) in [6.45, 7) is 7.76. The highest BCUT2D eigenvalue weighted by atomic mass is 16.1. The molecule has 0 aromatic heterocycles. The Morgan fingerprint density at radius 2 is 1.94 bits per heavy atom. The number of amides is 1. The van der Waals surface area contributed by atoms with Crippen LogP contribution in [0.2, 0.25) is 0 Å². The van der Waals surface area contributed by atoms with Gasteiger partial charge in [0.2, 0.25) is 5.91 Å². The van der Waals surface area contributed by atoms with Crippen molar-refractivity contribution in [1.29, 1.82) is 5.26 Å². The smallest absolute Gasteiger partial charge is 0.246 e. The summed E-state index contributed by atoms with van der Waals surface area (Å²) in [6.07, 6.45) is 6.58. The Bertz CT molecular complexity index is 305. The van der Waals surface area contributed by atoms with Gasteiger partial charge in [-0.05, 0) is 47.0 Å². The first-order valence-corrected chi connectivity index (χ1v) is 6.23. The van der Waals surface area contributed by atoms with Crippen molar-refractivity contribution >= 4 is 5.91 Å². The third-order valence-corrected chi connectivity index (χ3v) is 2.29. The van der Waals surface area contributed by atoms with E-state index in [1.54, 1.807) is 0 Å². The molecule has 0 aliphatic heterocycles. The SMILES string of the molecule is C/C(=C\CCCCCC#N)C(=O)NC(C)(C)C. The third kappa shape index (κ3) is 9.62. The van der Waals surface area contributed by atoms with Gasteiger partial charge in [0.05, 0.1) is 6.07 Å². The maximum Gasteiger partial charge on any atom is 0.246 e. The number of hydrogen-bond acceptors (Lipinski definition) is 2. The highest BCUT2D eigenvalue weighted by Crippen LogP contribution is 2.07. The minimum atomic E-state index is -0.182. The Labute approximate surface area is 105 Å². The van der Waals surface area contributed by atoms with E-state index in [1.807, 2.05) is 33.8 Å². The highest BCUT2D eigenvalue weighted by Gasteiger charge is 2.14. The average molecular weight is 236 g/mol. The van der Waals surface area contributed by atoms with Gasteiger partial charge >= 0.3 is 0 Å². The van der Waals surface area contributed by atoms with Crippen molar-refractivity contribution in [2.24, 2.45) is 0 Å². The fraction of sp³-hybridized carbons (Fsp3) is 0.714. The molecule has 0 spiro atoms. The van der Waals surface area contributed by atoms with Crippen LogP contribution in [0.15, 0.2) is 11.6 Å². The molecule has 0 heterocycles. The number of rotatable bonds is 6. The molecule has 0 aliphatic rings. The predicted octanol–water partition coefficient (Wildman–Crippen LogP) is 3.32. The zero-order valence-corrected chi connectivity index (χ0v) is 11.5. The number of unbranched alkanes of at least 4 members (excludes halogenated alkanes) is 4. The number of nitrogens with one attached hydrogen (secondary N) is 1. The van der Waals surface area contributed by atoms with E-state index in [4.69, 9.17) is 5.26 Å². The summed E-state index contributed by atoms with van der Waals surface area (Å²) in [7, 11) is 0. The zero-order valence-electron chi connectivity index (χ0n) is 11.5. The summed E-state index contributed by atoms with van der Waals surface area (Å²) in [4.78, 5) is 11.7. The molecule has 0 rings (SSSR count). The van der Waals surface area contributed by atoms with Gasteiger partial charge in [-0.15, -0.1) is 0 Å². The van der Waals surface area contributed by atoms with Gasteiger partial charge in [-0.2, -0.15) is 5.26 Å². The second-order valence-electron chi connectivity index (χ2n) is 5.35. The Balaban J connectivity index is 3.86. The lowest BCUT2D eigenvalue weighted by molar-refractivity contribution is -0.118. The second-order valence-corrected chi connectivity index (χ2v) is 5.35. The van der Waals surface area contributed by atoms with Crippen molar-refractivity contribution in [2.75, 3.05) is 0 Å². The number of allylic oxidation sites excluding steroid dienone is 1. The molecule has 3 nitrogen and oxygen atoms in total. The summed E-state index contributed by atoms with van der Waals surface area (Å²) >= 11 is 0. The standard InChI is InChI=1S/C14H24N2O/c1-12(13(17)16-14(2,3)4)10-8-6-5-7-9-11-15/h10H,5-9H2,1-4H3,(H,16,17)/b12-10+. The normalized spacial score (nSPS) is 12.1. The molecule has 17 heavy (non-hydrogen) atoms. The van der Waals surface area contributed by atoms with E-state index < -0.39 is 0 Å². The minimum absolute atomic E-state index is 0.00882. The van der Waals surface area contributed by atoms with E-state index in [0.717, 1.165) is 31.3 Å². The van der Waals surface area contributed by atoms with Crippen LogP contribution in [-0.2, 0) is 4.79 Å². The summed E-state index contributed by atoms with van der Waals surface area (Å²) < 4.78 is 0. The maximum atomic E-state index is 11.7. The number of hydrogen-bond donors (Lipinski definition) is 1. The van der Waals surface area contributed by atoms with Crippen LogP contribution in [0.25, 0.3) is 0 Å². The van der Waals surface area contributed by atoms with Crippen molar-refractivity contribution in [3.63, 3.8) is 0 Å². The molecule has 96 valence electrons. The molecule has 0 aliphatic carbocycles. The van der Waals surface area contributed by atoms with Gasteiger partial charge in [-0.1, -0.05) is 12.5 Å². The molecular weight excluding hydrogens is 212 g/mol. The fourth-order valence-corrected chi connectivity index (χ4v) is 1.38. The minimum Gasteiger partial charge on any atom is -0.348 e. The first-order chi connectivity index (χ1) is 7.87. The molecule has 0 unspecified atom stereocenters. The molecule has 0 saturated carbocycles. The fourth-order valence-electron chi connectivity index (χ4n) is 1.38.